The fourth-order valence-corrected chi connectivity index (χ4v) is 3.63. The van der Waals surface area contributed by atoms with Gasteiger partial charge < -0.3 is 10.4 Å². The summed E-state index contributed by atoms with van der Waals surface area (Å²) in [5.41, 5.74) is 1.41. The van der Waals surface area contributed by atoms with Crippen LogP contribution in [0.1, 0.15) is 28.9 Å². The molecule has 0 bridgehead atoms. The lowest BCUT2D eigenvalue weighted by molar-refractivity contribution is 0.0906. The summed E-state index contributed by atoms with van der Waals surface area (Å²) in [6, 6.07) is 17.2. The number of fused-ring (bicyclic) bond motifs is 1. The third-order valence-electron chi connectivity index (χ3n) is 5.14. The van der Waals surface area contributed by atoms with Crippen molar-refractivity contribution >= 4 is 16.7 Å². The number of aromatic hydroxyl groups is 1. The molecule has 2 aromatic carbocycles. The number of phenols is 1. The van der Waals surface area contributed by atoms with Crippen molar-refractivity contribution in [1.29, 1.82) is 0 Å². The molecule has 0 radical (unpaired) electrons. The lowest BCUT2D eigenvalue weighted by atomic mass is 10.0. The van der Waals surface area contributed by atoms with Gasteiger partial charge in [0.1, 0.15) is 5.75 Å². The Labute approximate surface area is 158 Å². The summed E-state index contributed by atoms with van der Waals surface area (Å²) < 4.78 is 0. The molecule has 138 valence electrons. The maximum atomic E-state index is 12.7. The molecular weight excluding hydrogens is 338 g/mol. The van der Waals surface area contributed by atoms with Crippen LogP contribution in [-0.4, -0.2) is 40.0 Å². The monoisotopic (exact) mass is 361 g/mol. The van der Waals surface area contributed by atoms with Crippen molar-refractivity contribution in [3.63, 3.8) is 0 Å². The second-order valence-corrected chi connectivity index (χ2v) is 7.06. The molecule has 1 aliphatic rings. The summed E-state index contributed by atoms with van der Waals surface area (Å²) in [6.45, 7) is 2.68. The van der Waals surface area contributed by atoms with Gasteiger partial charge in [0.2, 0.25) is 0 Å². The molecule has 3 aromatic rings. The minimum atomic E-state index is -0.207. The lowest BCUT2D eigenvalue weighted by Gasteiger charge is -2.32. The van der Waals surface area contributed by atoms with Crippen LogP contribution in [0.15, 0.2) is 60.8 Å². The van der Waals surface area contributed by atoms with E-state index in [1.165, 1.54) is 0 Å². The largest absolute Gasteiger partial charge is 0.507 e. The van der Waals surface area contributed by atoms with E-state index < -0.39 is 0 Å². The van der Waals surface area contributed by atoms with E-state index in [2.05, 4.69) is 15.2 Å². The van der Waals surface area contributed by atoms with Crippen molar-refractivity contribution in [2.75, 3.05) is 13.1 Å². The van der Waals surface area contributed by atoms with Gasteiger partial charge in [-0.15, -0.1) is 0 Å². The molecule has 4 rings (SSSR count). The number of nitrogens with zero attached hydrogens (tertiary/aromatic N) is 2. The van der Waals surface area contributed by atoms with Crippen molar-refractivity contribution in [3.05, 3.63) is 72.1 Å². The summed E-state index contributed by atoms with van der Waals surface area (Å²) in [6.07, 6.45) is 3.61. The van der Waals surface area contributed by atoms with E-state index in [4.69, 9.17) is 0 Å². The summed E-state index contributed by atoms with van der Waals surface area (Å²) in [5.74, 6) is -0.180. The third kappa shape index (κ3) is 4.09. The molecule has 5 nitrogen and oxygen atoms in total. The Morgan fingerprint density at radius 3 is 2.48 bits per heavy atom. The third-order valence-corrected chi connectivity index (χ3v) is 5.14. The Kier molecular flexibility index (Phi) is 5.03. The number of nitrogens with one attached hydrogen (secondary N) is 1. The summed E-state index contributed by atoms with van der Waals surface area (Å²) in [5, 5.41) is 15.2. The number of phenolic OH excluding ortho intramolecular Hbond substituents is 1. The average molecular weight is 361 g/mol. The van der Waals surface area contributed by atoms with Gasteiger partial charge in [0, 0.05) is 31.9 Å². The van der Waals surface area contributed by atoms with E-state index in [1.54, 1.807) is 12.1 Å². The van der Waals surface area contributed by atoms with Gasteiger partial charge in [0.15, 0.2) is 0 Å². The van der Waals surface area contributed by atoms with Crippen molar-refractivity contribution in [2.24, 2.45) is 0 Å². The number of hydrogen-bond donors (Lipinski definition) is 2. The van der Waals surface area contributed by atoms with E-state index in [9.17, 15) is 9.90 Å². The summed E-state index contributed by atoms with van der Waals surface area (Å²) >= 11 is 0. The van der Waals surface area contributed by atoms with E-state index in [0.717, 1.165) is 48.9 Å². The maximum absolute atomic E-state index is 12.7. The molecule has 0 saturated carbocycles. The molecule has 1 saturated heterocycles. The smallest absolute Gasteiger partial charge is 0.255 e. The fraction of sp³-hybridized carbons (Fsp3) is 0.273. The Hall–Kier alpha value is -2.92. The number of amides is 1. The lowest BCUT2D eigenvalue weighted by Crippen LogP contribution is -2.44. The number of aromatic nitrogens is 1. The maximum Gasteiger partial charge on any atom is 0.255 e. The molecule has 1 fully saturated rings. The number of likely N-dealkylation sites (tertiary alicyclic amines) is 1. The Bertz CT molecular complexity index is 935. The first-order valence-electron chi connectivity index (χ1n) is 9.34. The van der Waals surface area contributed by atoms with E-state index in [0.29, 0.717) is 5.56 Å². The van der Waals surface area contributed by atoms with Crippen LogP contribution in [0.2, 0.25) is 0 Å². The van der Waals surface area contributed by atoms with Crippen molar-refractivity contribution in [3.8, 4) is 5.75 Å². The fourth-order valence-electron chi connectivity index (χ4n) is 3.63. The van der Waals surface area contributed by atoms with Gasteiger partial charge in [-0.25, -0.2) is 0 Å². The molecule has 5 heteroatoms. The van der Waals surface area contributed by atoms with Gasteiger partial charge in [-0.1, -0.05) is 30.3 Å². The highest BCUT2D eigenvalue weighted by Gasteiger charge is 2.22. The van der Waals surface area contributed by atoms with Crippen LogP contribution in [0.5, 0.6) is 5.75 Å². The van der Waals surface area contributed by atoms with Gasteiger partial charge >= 0.3 is 0 Å². The molecule has 0 aliphatic carbocycles. The zero-order chi connectivity index (χ0) is 18.6. The van der Waals surface area contributed by atoms with Crippen LogP contribution in [0.3, 0.4) is 0 Å². The van der Waals surface area contributed by atoms with E-state index >= 15 is 0 Å². The van der Waals surface area contributed by atoms with Crippen LogP contribution in [-0.2, 0) is 6.54 Å². The van der Waals surface area contributed by atoms with Gasteiger partial charge in [0.25, 0.3) is 5.91 Å². The number of pyridine rings is 1. The number of carbonyl (C=O) groups excluding carboxylic acids is 1. The molecule has 1 amide bonds. The summed E-state index contributed by atoms with van der Waals surface area (Å²) in [4.78, 5) is 19.4. The Morgan fingerprint density at radius 2 is 1.78 bits per heavy atom. The summed E-state index contributed by atoms with van der Waals surface area (Å²) in [7, 11) is 0. The number of rotatable bonds is 4. The number of benzene rings is 2. The highest BCUT2D eigenvalue weighted by molar-refractivity contribution is 6.01. The molecule has 0 atom stereocenters. The van der Waals surface area contributed by atoms with Gasteiger partial charge in [0.05, 0.1) is 11.3 Å². The predicted molar refractivity (Wildman–Crippen MR) is 106 cm³/mol. The highest BCUT2D eigenvalue weighted by Crippen LogP contribution is 2.25. The van der Waals surface area contributed by atoms with Crippen LogP contribution in [0.4, 0.5) is 0 Å². The number of piperidine rings is 1. The zero-order valence-corrected chi connectivity index (χ0v) is 15.1. The van der Waals surface area contributed by atoms with Gasteiger partial charge in [-0.3, -0.25) is 14.7 Å². The average Bonchev–Trinajstić information content (AvgIpc) is 2.69. The first-order chi connectivity index (χ1) is 13.2. The molecular formula is C22H23N3O2. The minimum Gasteiger partial charge on any atom is -0.507 e. The molecule has 27 heavy (non-hydrogen) atoms. The molecule has 1 aromatic heterocycles. The second-order valence-electron chi connectivity index (χ2n) is 7.06. The molecule has 0 spiro atoms. The van der Waals surface area contributed by atoms with Crippen molar-refractivity contribution in [2.45, 2.75) is 25.4 Å². The number of hydrogen-bond acceptors (Lipinski definition) is 4. The van der Waals surface area contributed by atoms with Crippen LogP contribution >= 0.6 is 0 Å². The first kappa shape index (κ1) is 17.5. The van der Waals surface area contributed by atoms with E-state index in [1.807, 2.05) is 48.7 Å². The van der Waals surface area contributed by atoms with Crippen LogP contribution < -0.4 is 5.32 Å². The molecule has 2 heterocycles. The Balaban J connectivity index is 1.36. The molecule has 2 N–H and O–H groups in total. The van der Waals surface area contributed by atoms with E-state index in [-0.39, 0.29) is 17.7 Å². The second kappa shape index (κ2) is 7.76. The van der Waals surface area contributed by atoms with Gasteiger partial charge in [-0.05, 0) is 47.9 Å². The molecule has 0 unspecified atom stereocenters. The topological polar surface area (TPSA) is 65.5 Å². The number of carbonyl (C=O) groups is 1. The van der Waals surface area contributed by atoms with Crippen molar-refractivity contribution in [1.82, 2.24) is 15.2 Å². The minimum absolute atomic E-state index is 0.0267. The SMILES string of the molecule is O=C(NC1CCN(Cc2ccccn2)CC1)c1cc2ccccc2cc1O. The highest BCUT2D eigenvalue weighted by atomic mass is 16.3. The Morgan fingerprint density at radius 1 is 1.07 bits per heavy atom. The van der Waals surface area contributed by atoms with Gasteiger partial charge in [-0.2, -0.15) is 0 Å². The van der Waals surface area contributed by atoms with Crippen LogP contribution in [0, 0.1) is 0 Å². The quantitative estimate of drug-likeness (QED) is 0.748. The van der Waals surface area contributed by atoms with Crippen LogP contribution in [0.25, 0.3) is 10.8 Å². The van der Waals surface area contributed by atoms with Crippen molar-refractivity contribution < 1.29 is 9.90 Å². The predicted octanol–water partition coefficient (Wildman–Crippen LogP) is 3.33. The normalized spacial score (nSPS) is 15.7. The molecule has 1 aliphatic heterocycles. The first-order valence-corrected chi connectivity index (χ1v) is 9.34. The zero-order valence-electron chi connectivity index (χ0n) is 15.1. The standard InChI is InChI=1S/C22H23N3O2/c26-21-14-17-6-2-1-5-16(17)13-20(21)22(27)24-18-8-11-25(12-9-18)15-19-7-3-4-10-23-19/h1-7,10,13-14,18,26H,8-9,11-12,15H2,(H,24,27).